The first kappa shape index (κ1) is 32.4. The van der Waals surface area contributed by atoms with E-state index in [4.69, 9.17) is 4.74 Å². The number of halogens is 1. The van der Waals surface area contributed by atoms with Crippen LogP contribution in [0.4, 0.5) is 15.5 Å². The molecule has 250 valence electrons. The minimum absolute atomic E-state index is 0.0609. The van der Waals surface area contributed by atoms with Gasteiger partial charge in [0, 0.05) is 48.4 Å². The van der Waals surface area contributed by atoms with Crippen LogP contribution >= 0.6 is 0 Å². The zero-order valence-corrected chi connectivity index (χ0v) is 28.6. The van der Waals surface area contributed by atoms with Gasteiger partial charge >= 0.3 is 0 Å². The van der Waals surface area contributed by atoms with Gasteiger partial charge in [0.25, 0.3) is 5.91 Å². The average molecular weight is 668 g/mol. The van der Waals surface area contributed by atoms with Crippen LogP contribution in [-0.4, -0.2) is 59.6 Å². The maximum absolute atomic E-state index is 16.4. The standard InChI is InChI=1S/C37H42FN5O4Si/c1-25-35(48(2,3)38)33(18-20-41-23-31(39-40-41)29(24-44)27-13-8-5-9-14-27)47-37(25)30-21-28(42-19-10-15-34(42)45)16-17-32(30)43(36(37)46)22-26-11-6-4-7-12-26/h4-9,11-14,16-17,21,23,25,29,33,35,44H,10,15,18-20,22,24H2,1-3H3/t25-,29?,33+,35-,37+/m0/s1. The van der Waals surface area contributed by atoms with Crippen molar-refractivity contribution in [1.82, 2.24) is 15.0 Å². The van der Waals surface area contributed by atoms with Gasteiger partial charge in [-0.1, -0.05) is 72.8 Å². The Balaban J connectivity index is 1.22. The van der Waals surface area contributed by atoms with Gasteiger partial charge in [-0.05, 0) is 55.3 Å². The summed E-state index contributed by atoms with van der Waals surface area (Å²) in [7, 11) is -3.38. The first-order valence-electron chi connectivity index (χ1n) is 16.8. The third-order valence-electron chi connectivity index (χ3n) is 10.5. The van der Waals surface area contributed by atoms with Crippen molar-refractivity contribution in [2.45, 2.75) is 75.5 Å². The summed E-state index contributed by atoms with van der Waals surface area (Å²) in [5, 5.41) is 18.9. The van der Waals surface area contributed by atoms with Gasteiger partial charge in [-0.15, -0.1) is 5.10 Å². The number of carbonyl (C=O) groups excluding carboxylic acids is 2. The normalized spacial score (nSPS) is 24.6. The molecule has 2 fully saturated rings. The first-order chi connectivity index (χ1) is 23.1. The van der Waals surface area contributed by atoms with Crippen LogP contribution in [0.25, 0.3) is 0 Å². The van der Waals surface area contributed by atoms with Crippen molar-refractivity contribution in [3.8, 4) is 0 Å². The van der Waals surface area contributed by atoms with Gasteiger partial charge in [-0.3, -0.25) is 14.3 Å². The molecular weight excluding hydrogens is 626 g/mol. The fourth-order valence-electron chi connectivity index (χ4n) is 8.21. The second kappa shape index (κ2) is 12.7. The largest absolute Gasteiger partial charge is 0.395 e. The van der Waals surface area contributed by atoms with E-state index in [0.29, 0.717) is 43.7 Å². The molecule has 2 saturated heterocycles. The number of anilines is 2. The molecular formula is C37H42FN5O4Si. The van der Waals surface area contributed by atoms with E-state index in [2.05, 4.69) is 10.3 Å². The van der Waals surface area contributed by atoms with E-state index in [0.717, 1.165) is 28.9 Å². The number of rotatable bonds is 10. The highest BCUT2D eigenvalue weighted by atomic mass is 28.4. The number of aliphatic hydroxyl groups is 1. The molecule has 1 aromatic heterocycles. The average Bonchev–Trinajstić information content (AvgIpc) is 3.84. The van der Waals surface area contributed by atoms with Gasteiger partial charge in [0.05, 0.1) is 36.6 Å². The van der Waals surface area contributed by atoms with Crippen molar-refractivity contribution < 1.29 is 23.5 Å². The molecule has 7 rings (SSSR count). The number of benzene rings is 3. The van der Waals surface area contributed by atoms with E-state index >= 15 is 4.11 Å². The number of hydrogen-bond acceptors (Lipinski definition) is 6. The lowest BCUT2D eigenvalue weighted by molar-refractivity contribution is -0.146. The Morgan fingerprint density at radius 2 is 1.79 bits per heavy atom. The Bertz CT molecular complexity index is 1800. The topological polar surface area (TPSA) is 101 Å². The second-order valence-electron chi connectivity index (χ2n) is 13.8. The molecule has 0 aliphatic carbocycles. The van der Waals surface area contributed by atoms with Crippen LogP contribution in [0.3, 0.4) is 0 Å². The van der Waals surface area contributed by atoms with E-state index in [1.807, 2.05) is 92.0 Å². The van der Waals surface area contributed by atoms with Gasteiger partial charge in [0.2, 0.25) is 14.3 Å². The highest BCUT2D eigenvalue weighted by Gasteiger charge is 2.66. The smallest absolute Gasteiger partial charge is 0.264 e. The maximum atomic E-state index is 16.4. The third-order valence-corrected chi connectivity index (χ3v) is 12.9. The van der Waals surface area contributed by atoms with E-state index in [-0.39, 0.29) is 24.3 Å². The molecule has 4 aromatic rings. The molecule has 0 saturated carbocycles. The van der Waals surface area contributed by atoms with E-state index in [1.54, 1.807) is 27.6 Å². The van der Waals surface area contributed by atoms with E-state index < -0.39 is 31.6 Å². The van der Waals surface area contributed by atoms with Crippen LogP contribution in [0.15, 0.2) is 85.1 Å². The van der Waals surface area contributed by atoms with Crippen LogP contribution in [0.1, 0.15) is 54.5 Å². The molecule has 48 heavy (non-hydrogen) atoms. The van der Waals surface area contributed by atoms with Crippen molar-refractivity contribution in [2.24, 2.45) is 5.92 Å². The molecule has 3 aliphatic rings. The zero-order chi connectivity index (χ0) is 33.6. The first-order valence-corrected chi connectivity index (χ1v) is 19.8. The van der Waals surface area contributed by atoms with Crippen molar-refractivity contribution in [3.63, 3.8) is 0 Å². The molecule has 3 aliphatic heterocycles. The molecule has 1 unspecified atom stereocenters. The minimum Gasteiger partial charge on any atom is -0.395 e. The van der Waals surface area contributed by atoms with Gasteiger partial charge in [0.1, 0.15) is 0 Å². The van der Waals surface area contributed by atoms with Crippen molar-refractivity contribution in [1.29, 1.82) is 0 Å². The summed E-state index contributed by atoms with van der Waals surface area (Å²) < 4.78 is 25.1. The fourth-order valence-corrected chi connectivity index (χ4v) is 10.8. The number of fused-ring (bicyclic) bond motifs is 2. The van der Waals surface area contributed by atoms with Crippen molar-refractivity contribution in [2.75, 3.05) is 23.0 Å². The summed E-state index contributed by atoms with van der Waals surface area (Å²) in [4.78, 5) is 31.1. The minimum atomic E-state index is -3.38. The van der Waals surface area contributed by atoms with Gasteiger partial charge in [0.15, 0.2) is 5.60 Å². The number of aliphatic hydroxyl groups excluding tert-OH is 1. The number of amides is 2. The number of hydrogen-bond donors (Lipinski definition) is 1. The van der Waals surface area contributed by atoms with Crippen LogP contribution in [0.5, 0.6) is 0 Å². The fraction of sp³-hybridized carbons (Fsp3) is 0.405. The van der Waals surface area contributed by atoms with Crippen LogP contribution in [0, 0.1) is 5.92 Å². The van der Waals surface area contributed by atoms with Crippen LogP contribution in [0.2, 0.25) is 18.6 Å². The maximum Gasteiger partial charge on any atom is 0.264 e. The summed E-state index contributed by atoms with van der Waals surface area (Å²) in [5.41, 5.74) is 2.89. The molecule has 1 spiro atoms. The quantitative estimate of drug-likeness (QED) is 0.166. The summed E-state index contributed by atoms with van der Waals surface area (Å²) in [5.74, 6) is -0.892. The highest BCUT2D eigenvalue weighted by Crippen LogP contribution is 2.60. The Hall–Kier alpha value is -4.19. The lowest BCUT2D eigenvalue weighted by Crippen LogP contribution is -2.45. The summed E-state index contributed by atoms with van der Waals surface area (Å²) >= 11 is 0. The van der Waals surface area contributed by atoms with E-state index in [9.17, 15) is 14.7 Å². The van der Waals surface area contributed by atoms with Gasteiger partial charge in [-0.2, -0.15) is 0 Å². The van der Waals surface area contributed by atoms with Crippen molar-refractivity contribution in [3.05, 3.63) is 107 Å². The molecule has 5 atom stereocenters. The lowest BCUT2D eigenvalue weighted by Gasteiger charge is -2.31. The molecule has 3 aromatic carbocycles. The number of aromatic nitrogens is 3. The zero-order valence-electron chi connectivity index (χ0n) is 27.6. The SMILES string of the molecule is C[C@H]1[C@H]([Si](C)(C)F)[C@@H](CCn2cc(C(CO)c3ccccc3)nn2)O[C@]12C(=O)N(Cc1ccccc1)c1ccc(N3CCCC3=O)cc12. The van der Waals surface area contributed by atoms with Gasteiger partial charge in [-0.25, -0.2) is 0 Å². The van der Waals surface area contributed by atoms with Crippen LogP contribution < -0.4 is 9.80 Å². The Morgan fingerprint density at radius 3 is 2.46 bits per heavy atom. The number of ether oxygens (including phenoxy) is 1. The predicted molar refractivity (Wildman–Crippen MR) is 184 cm³/mol. The van der Waals surface area contributed by atoms with E-state index in [1.165, 1.54) is 0 Å². The predicted octanol–water partition coefficient (Wildman–Crippen LogP) is 5.94. The van der Waals surface area contributed by atoms with Gasteiger partial charge < -0.3 is 23.8 Å². The Morgan fingerprint density at radius 1 is 1.06 bits per heavy atom. The Labute approximate surface area is 281 Å². The number of aryl methyl sites for hydroxylation is 1. The molecule has 0 radical (unpaired) electrons. The molecule has 4 heterocycles. The monoisotopic (exact) mass is 667 g/mol. The molecule has 11 heteroatoms. The number of carbonyl (C=O) groups is 2. The molecule has 9 nitrogen and oxygen atoms in total. The van der Waals surface area contributed by atoms with Crippen molar-refractivity contribution >= 4 is 31.6 Å². The molecule has 2 amide bonds. The second-order valence-corrected chi connectivity index (χ2v) is 17.6. The molecule has 0 bridgehead atoms. The third kappa shape index (κ3) is 5.57. The molecule has 1 N–H and O–H groups in total. The summed E-state index contributed by atoms with van der Waals surface area (Å²) in [6.07, 6.45) is 2.99. The number of nitrogens with zero attached hydrogens (tertiary/aromatic N) is 5. The Kier molecular flexibility index (Phi) is 8.55. The summed E-state index contributed by atoms with van der Waals surface area (Å²) in [6, 6.07) is 25.3. The lowest BCUT2D eigenvalue weighted by atomic mass is 9.82. The highest BCUT2D eigenvalue weighted by molar-refractivity contribution is 6.72. The summed E-state index contributed by atoms with van der Waals surface area (Å²) in [6.45, 7) is 6.64. The van der Waals surface area contributed by atoms with Crippen LogP contribution in [-0.2, 0) is 33.0 Å².